The zero-order chi connectivity index (χ0) is 21.0. The summed E-state index contributed by atoms with van der Waals surface area (Å²) in [6.07, 6.45) is -9.70. The van der Waals surface area contributed by atoms with Crippen molar-refractivity contribution in [3.8, 4) is 0 Å². The van der Waals surface area contributed by atoms with E-state index in [1.54, 1.807) is 11.4 Å². The molecule has 1 saturated heterocycles. The van der Waals surface area contributed by atoms with Crippen molar-refractivity contribution in [1.29, 1.82) is 0 Å². The summed E-state index contributed by atoms with van der Waals surface area (Å²) in [6, 6.07) is 0. The Bertz CT molecular complexity index is 553. The van der Waals surface area contributed by atoms with Crippen molar-refractivity contribution < 1.29 is 57.3 Å². The second-order valence-electron chi connectivity index (χ2n) is 6.77. The van der Waals surface area contributed by atoms with Crippen LogP contribution in [-0.4, -0.2) is 100 Å². The van der Waals surface area contributed by atoms with E-state index in [9.17, 15) is 33.6 Å². The molecule has 12 nitrogen and oxygen atoms in total. The van der Waals surface area contributed by atoms with E-state index in [0.717, 1.165) is 6.92 Å². The van der Waals surface area contributed by atoms with Gasteiger partial charge in [0.2, 0.25) is 0 Å². The van der Waals surface area contributed by atoms with Gasteiger partial charge in [0.1, 0.15) is 6.10 Å². The number of phosphoric acid groups is 1. The van der Waals surface area contributed by atoms with Crippen LogP contribution in [0, 0.1) is 0 Å². The van der Waals surface area contributed by atoms with E-state index in [0.29, 0.717) is 0 Å². The standard InChI is InChI=1S/C13H28AsO12P/c1-7(15)12(19)26-27(21,22)24-6-8(16)5-23-13-11(18)10(17)9(25-13)4-14(2,3)20/h7-13,15-19H,4-6H2,1-3H3,(H,21,22)/t7?,8?,9-,10-,11-,12?,13-/m1/s1. The Morgan fingerprint density at radius 2 is 1.74 bits per heavy atom. The predicted molar refractivity (Wildman–Crippen MR) is 90.2 cm³/mol. The molecule has 27 heavy (non-hydrogen) atoms. The van der Waals surface area contributed by atoms with Crippen molar-refractivity contribution in [3.05, 3.63) is 0 Å². The fraction of sp³-hybridized carbons (Fsp3) is 1.00. The Labute approximate surface area is 158 Å². The number of aliphatic hydroxyl groups excluding tert-OH is 5. The molecule has 0 saturated carbocycles. The number of rotatable bonds is 11. The Morgan fingerprint density at radius 1 is 1.15 bits per heavy atom. The minimum atomic E-state index is -4.74. The molecule has 0 aromatic rings. The van der Waals surface area contributed by atoms with Crippen LogP contribution >= 0.6 is 7.82 Å². The molecule has 0 radical (unpaired) electrons. The van der Waals surface area contributed by atoms with E-state index >= 15 is 0 Å². The molecular weight excluding hydrogens is 454 g/mol. The first-order valence-electron chi connectivity index (χ1n) is 8.09. The molecule has 1 fully saturated rings. The van der Waals surface area contributed by atoms with E-state index in [1.807, 2.05) is 0 Å². The van der Waals surface area contributed by atoms with Gasteiger partial charge in [-0.15, -0.1) is 0 Å². The number of hydrogen-bond donors (Lipinski definition) is 6. The summed E-state index contributed by atoms with van der Waals surface area (Å²) in [5.41, 5.74) is 3.14. The first-order valence-corrected chi connectivity index (χ1v) is 15.4. The van der Waals surface area contributed by atoms with Crippen molar-refractivity contribution >= 4 is 21.3 Å². The SMILES string of the molecule is CC(O)C(O)OP(=O)(O)OCC(O)CO[C@@H]1O[C@H](C[As](C)(C)=O)[C@@H](O)[C@H]1O. The third-order valence-corrected chi connectivity index (χ3v) is 7.03. The molecular formula is C13H28AsO12P. The van der Waals surface area contributed by atoms with Crippen LogP contribution in [0.3, 0.4) is 0 Å². The van der Waals surface area contributed by atoms with Crippen LogP contribution in [0.2, 0.25) is 16.6 Å². The number of hydrogen-bond acceptors (Lipinski definition) is 11. The van der Waals surface area contributed by atoms with Gasteiger partial charge in [0.15, 0.2) is 0 Å². The van der Waals surface area contributed by atoms with Gasteiger partial charge in [-0.25, -0.2) is 0 Å². The Morgan fingerprint density at radius 3 is 2.26 bits per heavy atom. The van der Waals surface area contributed by atoms with Gasteiger partial charge in [0.25, 0.3) is 0 Å². The van der Waals surface area contributed by atoms with Gasteiger partial charge in [-0.05, 0) is 6.92 Å². The fourth-order valence-corrected chi connectivity index (χ4v) is 5.45. The van der Waals surface area contributed by atoms with E-state index in [-0.39, 0.29) is 5.21 Å². The van der Waals surface area contributed by atoms with Crippen molar-refractivity contribution in [2.45, 2.75) is 66.7 Å². The maximum atomic E-state index is 11.9. The Balaban J connectivity index is 2.42. The van der Waals surface area contributed by atoms with Gasteiger partial charge < -0.3 is 10.2 Å². The van der Waals surface area contributed by atoms with Gasteiger partial charge in [-0.3, -0.25) is 0 Å². The van der Waals surface area contributed by atoms with Crippen molar-refractivity contribution in [1.82, 2.24) is 0 Å². The Kier molecular flexibility index (Phi) is 9.61. The number of aliphatic hydroxyl groups is 5. The fourth-order valence-electron chi connectivity index (χ4n) is 2.13. The molecule has 162 valence electrons. The van der Waals surface area contributed by atoms with Gasteiger partial charge in [0.05, 0.1) is 0 Å². The van der Waals surface area contributed by atoms with Gasteiger partial charge in [-0.1, -0.05) is 0 Å². The van der Waals surface area contributed by atoms with Crippen LogP contribution in [0.25, 0.3) is 0 Å². The molecule has 8 atom stereocenters. The molecule has 14 heteroatoms. The first kappa shape index (κ1) is 25.2. The molecule has 0 bridgehead atoms. The summed E-state index contributed by atoms with van der Waals surface area (Å²) in [4.78, 5) is 9.35. The van der Waals surface area contributed by atoms with E-state index < -0.39 is 77.6 Å². The molecule has 0 amide bonds. The van der Waals surface area contributed by atoms with E-state index in [4.69, 9.17) is 14.6 Å². The van der Waals surface area contributed by atoms with Crippen molar-refractivity contribution in [3.63, 3.8) is 0 Å². The van der Waals surface area contributed by atoms with Crippen LogP contribution in [-0.2, 0) is 26.8 Å². The van der Waals surface area contributed by atoms with Gasteiger partial charge in [0, 0.05) is 0 Å². The van der Waals surface area contributed by atoms with E-state index in [2.05, 4.69) is 9.05 Å². The molecule has 0 aliphatic carbocycles. The van der Waals surface area contributed by atoms with Gasteiger partial charge >= 0.3 is 135 Å². The number of ether oxygens (including phenoxy) is 2. The minimum absolute atomic E-state index is 0.0959. The molecule has 6 N–H and O–H groups in total. The third-order valence-electron chi connectivity index (χ3n) is 3.48. The maximum absolute atomic E-state index is 11.9. The monoisotopic (exact) mass is 482 g/mol. The van der Waals surface area contributed by atoms with Crippen LogP contribution < -0.4 is 0 Å². The average Bonchev–Trinajstić information content (AvgIpc) is 2.77. The summed E-state index contributed by atoms with van der Waals surface area (Å²) >= 11 is -3.14. The van der Waals surface area contributed by atoms with Gasteiger partial charge in [-0.2, -0.15) is 0 Å². The van der Waals surface area contributed by atoms with Crippen LogP contribution in [0.15, 0.2) is 0 Å². The average molecular weight is 482 g/mol. The topological polar surface area (TPSA) is 192 Å². The Hall–Kier alpha value is 0.188. The molecule has 0 aromatic heterocycles. The normalized spacial score (nSPS) is 32.0. The van der Waals surface area contributed by atoms with Crippen LogP contribution in [0.4, 0.5) is 0 Å². The molecule has 0 spiro atoms. The number of phosphoric ester groups is 1. The van der Waals surface area contributed by atoms with Crippen LogP contribution in [0.5, 0.6) is 0 Å². The molecule has 4 unspecified atom stereocenters. The zero-order valence-electron chi connectivity index (χ0n) is 15.2. The molecule has 0 aromatic carbocycles. The van der Waals surface area contributed by atoms with Crippen molar-refractivity contribution in [2.24, 2.45) is 0 Å². The molecule has 1 heterocycles. The second kappa shape index (κ2) is 10.3. The third kappa shape index (κ3) is 9.03. The summed E-state index contributed by atoms with van der Waals surface area (Å²) in [5, 5.41) is 47.8. The molecule has 1 aliphatic heterocycles. The molecule has 1 aliphatic rings. The van der Waals surface area contributed by atoms with E-state index in [1.165, 1.54) is 0 Å². The summed E-state index contributed by atoms with van der Waals surface area (Å²) in [5.74, 6) is 0. The van der Waals surface area contributed by atoms with Crippen molar-refractivity contribution in [2.75, 3.05) is 13.2 Å². The summed E-state index contributed by atoms with van der Waals surface area (Å²) in [6.45, 7) is -0.0860. The quantitative estimate of drug-likeness (QED) is 0.111. The summed E-state index contributed by atoms with van der Waals surface area (Å²) < 4.78 is 42.6. The predicted octanol–water partition coefficient (Wildman–Crippen LogP) is -1.72. The second-order valence-corrected chi connectivity index (χ2v) is 15.5. The zero-order valence-corrected chi connectivity index (χ0v) is 18.0. The summed E-state index contributed by atoms with van der Waals surface area (Å²) in [7, 11) is -4.74. The van der Waals surface area contributed by atoms with Crippen LogP contribution in [0.1, 0.15) is 6.92 Å². The first-order chi connectivity index (χ1) is 12.2. The molecule has 1 rings (SSSR count).